The van der Waals surface area contributed by atoms with Gasteiger partial charge in [-0.15, -0.1) is 0 Å². The molecule has 0 saturated carbocycles. The van der Waals surface area contributed by atoms with E-state index in [1.165, 1.54) is 31.5 Å². The van der Waals surface area contributed by atoms with Crippen LogP contribution in [0.4, 0.5) is 26.3 Å². The number of carbonyl (C=O) groups is 1. The zero-order valence-corrected chi connectivity index (χ0v) is 21.6. The van der Waals surface area contributed by atoms with Crippen LogP contribution >= 0.6 is 0 Å². The molecule has 1 amide bonds. The van der Waals surface area contributed by atoms with Crippen molar-refractivity contribution in [2.24, 2.45) is 0 Å². The molecule has 0 aliphatic carbocycles. The van der Waals surface area contributed by atoms with Gasteiger partial charge in [0, 0.05) is 48.7 Å². The first kappa shape index (κ1) is 28.1. The van der Waals surface area contributed by atoms with Gasteiger partial charge in [0.2, 0.25) is 5.88 Å². The van der Waals surface area contributed by atoms with Crippen molar-refractivity contribution in [3.8, 4) is 28.1 Å². The molecule has 1 atom stereocenters. The molecule has 41 heavy (non-hydrogen) atoms. The summed E-state index contributed by atoms with van der Waals surface area (Å²) in [6, 6.07) is 12.5. The van der Waals surface area contributed by atoms with Crippen LogP contribution in [-0.4, -0.2) is 41.0 Å². The predicted molar refractivity (Wildman–Crippen MR) is 139 cm³/mol. The maximum atomic E-state index is 13.6. The van der Waals surface area contributed by atoms with Crippen LogP contribution < -0.4 is 4.74 Å². The molecule has 1 saturated heterocycles. The van der Waals surface area contributed by atoms with E-state index in [1.807, 2.05) is 12.1 Å². The minimum atomic E-state index is -5.02. The Morgan fingerprint density at radius 1 is 0.878 bits per heavy atom. The van der Waals surface area contributed by atoms with Gasteiger partial charge in [-0.25, -0.2) is 4.98 Å². The lowest BCUT2D eigenvalue weighted by Gasteiger charge is -2.20. The third-order valence-corrected chi connectivity index (χ3v) is 7.05. The summed E-state index contributed by atoms with van der Waals surface area (Å²) in [6.45, 7) is 0.925. The number of carbonyl (C=O) groups excluding carboxylic acids is 1. The van der Waals surface area contributed by atoms with Crippen molar-refractivity contribution in [1.82, 2.24) is 14.9 Å². The fraction of sp³-hybridized carbons (Fsp3) is 0.233. The van der Waals surface area contributed by atoms with Crippen LogP contribution in [-0.2, 0) is 12.4 Å². The lowest BCUT2D eigenvalue weighted by molar-refractivity contribution is -0.143. The summed E-state index contributed by atoms with van der Waals surface area (Å²) >= 11 is 0. The van der Waals surface area contributed by atoms with E-state index < -0.39 is 23.5 Å². The van der Waals surface area contributed by atoms with Gasteiger partial charge >= 0.3 is 12.4 Å². The molecule has 212 valence electrons. The van der Waals surface area contributed by atoms with Crippen molar-refractivity contribution < 1.29 is 35.9 Å². The molecule has 1 fully saturated rings. The number of rotatable bonds is 5. The number of hydrogen-bond donors (Lipinski definition) is 0. The maximum Gasteiger partial charge on any atom is 0.416 e. The number of amides is 1. The van der Waals surface area contributed by atoms with Crippen LogP contribution in [0.15, 0.2) is 79.3 Å². The number of nitrogens with zero attached hydrogens (tertiary/aromatic N) is 3. The summed E-state index contributed by atoms with van der Waals surface area (Å²) in [6.07, 6.45) is -4.45. The van der Waals surface area contributed by atoms with E-state index in [9.17, 15) is 31.1 Å². The average molecular weight is 572 g/mol. The number of likely N-dealkylation sites (tertiary alicyclic amines) is 1. The van der Waals surface area contributed by atoms with Crippen LogP contribution in [0.5, 0.6) is 5.88 Å². The molecule has 1 aliphatic heterocycles. The Labute approximate surface area is 231 Å². The van der Waals surface area contributed by atoms with Crippen molar-refractivity contribution in [1.29, 1.82) is 0 Å². The smallest absolute Gasteiger partial charge is 0.416 e. The van der Waals surface area contributed by atoms with E-state index in [4.69, 9.17) is 4.74 Å². The van der Waals surface area contributed by atoms with Crippen LogP contribution in [0.1, 0.15) is 39.4 Å². The fourth-order valence-electron chi connectivity index (χ4n) is 5.04. The van der Waals surface area contributed by atoms with Crippen molar-refractivity contribution in [3.63, 3.8) is 0 Å². The monoisotopic (exact) mass is 571 g/mol. The van der Waals surface area contributed by atoms with Crippen molar-refractivity contribution in [2.75, 3.05) is 20.2 Å². The number of pyridine rings is 2. The molecule has 11 heteroatoms. The molecule has 0 spiro atoms. The highest BCUT2D eigenvalue weighted by Gasteiger charge is 2.37. The standard InChI is InChI=1S/C30H23F6N3O2/c1-41-27-25(5-3-10-38-27)26-14-18(28(40)39-11-8-20(17-39)19-4-2-9-37-16-19)6-7-24(26)21-12-22(29(31,32)33)15-23(13-21)30(34,35)36/h2-7,9-10,12-16,20H,8,11,17H2,1H3. The molecular weight excluding hydrogens is 548 g/mol. The number of hydrogen-bond acceptors (Lipinski definition) is 4. The fourth-order valence-corrected chi connectivity index (χ4v) is 5.04. The summed E-state index contributed by atoms with van der Waals surface area (Å²) < 4.78 is 87.2. The summed E-state index contributed by atoms with van der Waals surface area (Å²) in [7, 11) is 1.34. The van der Waals surface area contributed by atoms with Gasteiger partial charge in [-0.2, -0.15) is 26.3 Å². The van der Waals surface area contributed by atoms with E-state index >= 15 is 0 Å². The summed E-state index contributed by atoms with van der Waals surface area (Å²) in [5, 5.41) is 0. The first-order chi connectivity index (χ1) is 19.5. The molecule has 2 aromatic carbocycles. The number of methoxy groups -OCH3 is 1. The molecule has 0 N–H and O–H groups in total. The minimum Gasteiger partial charge on any atom is -0.481 e. The zero-order valence-electron chi connectivity index (χ0n) is 21.6. The quantitative estimate of drug-likeness (QED) is 0.233. The highest BCUT2D eigenvalue weighted by atomic mass is 19.4. The topological polar surface area (TPSA) is 55.3 Å². The van der Waals surface area contributed by atoms with Gasteiger partial charge in [-0.3, -0.25) is 9.78 Å². The summed E-state index contributed by atoms with van der Waals surface area (Å²) in [5.74, 6) is -0.123. The molecule has 0 bridgehead atoms. The third-order valence-electron chi connectivity index (χ3n) is 7.05. The van der Waals surface area contributed by atoms with Gasteiger partial charge in [-0.1, -0.05) is 12.1 Å². The molecule has 3 heterocycles. The second kappa shape index (κ2) is 10.9. The van der Waals surface area contributed by atoms with Crippen LogP contribution in [0.3, 0.4) is 0 Å². The second-order valence-corrected chi connectivity index (χ2v) is 9.64. The van der Waals surface area contributed by atoms with E-state index in [1.54, 1.807) is 29.4 Å². The SMILES string of the molecule is COc1ncccc1-c1cc(C(=O)N2CCC(c3cccnc3)C2)ccc1-c1cc(C(F)(F)F)cc(C(F)(F)F)c1. The highest BCUT2D eigenvalue weighted by molar-refractivity contribution is 5.98. The Balaban J connectivity index is 1.61. The number of aromatic nitrogens is 2. The summed E-state index contributed by atoms with van der Waals surface area (Å²) in [5.41, 5.74) is -1.40. The molecule has 1 aliphatic rings. The Kier molecular flexibility index (Phi) is 7.46. The predicted octanol–water partition coefficient (Wildman–Crippen LogP) is 7.49. The summed E-state index contributed by atoms with van der Waals surface area (Å²) in [4.78, 5) is 23.5. The first-order valence-corrected chi connectivity index (χ1v) is 12.6. The Hall–Kier alpha value is -4.41. The zero-order chi connectivity index (χ0) is 29.4. The Morgan fingerprint density at radius 3 is 2.22 bits per heavy atom. The highest BCUT2D eigenvalue weighted by Crippen LogP contribution is 2.42. The number of benzene rings is 2. The Morgan fingerprint density at radius 2 is 1.59 bits per heavy atom. The van der Waals surface area contributed by atoms with Gasteiger partial charge in [0.05, 0.1) is 18.2 Å². The molecule has 5 nitrogen and oxygen atoms in total. The van der Waals surface area contributed by atoms with Gasteiger partial charge < -0.3 is 9.64 Å². The average Bonchev–Trinajstić information content (AvgIpc) is 3.46. The number of alkyl halides is 6. The molecule has 5 rings (SSSR count). The number of ether oxygens (including phenoxy) is 1. The van der Waals surface area contributed by atoms with Crippen LogP contribution in [0.25, 0.3) is 22.3 Å². The normalized spacial score (nSPS) is 15.7. The molecule has 2 aromatic heterocycles. The molecule has 1 unspecified atom stereocenters. The van der Waals surface area contributed by atoms with E-state index in [-0.39, 0.29) is 46.0 Å². The number of halogens is 6. The lowest BCUT2D eigenvalue weighted by Crippen LogP contribution is -2.28. The van der Waals surface area contributed by atoms with Crippen LogP contribution in [0, 0.1) is 0 Å². The molecule has 0 radical (unpaired) electrons. The van der Waals surface area contributed by atoms with Gasteiger partial charge in [0.25, 0.3) is 5.91 Å². The van der Waals surface area contributed by atoms with Crippen molar-refractivity contribution in [3.05, 3.63) is 102 Å². The minimum absolute atomic E-state index is 0.0547. The third kappa shape index (κ3) is 5.89. The molecule has 4 aromatic rings. The van der Waals surface area contributed by atoms with E-state index in [0.29, 0.717) is 30.8 Å². The van der Waals surface area contributed by atoms with Crippen molar-refractivity contribution >= 4 is 5.91 Å². The first-order valence-electron chi connectivity index (χ1n) is 12.6. The van der Waals surface area contributed by atoms with Gasteiger partial charge in [0.15, 0.2) is 0 Å². The van der Waals surface area contributed by atoms with E-state index in [0.717, 1.165) is 12.0 Å². The lowest BCUT2D eigenvalue weighted by atomic mass is 9.91. The largest absolute Gasteiger partial charge is 0.481 e. The van der Waals surface area contributed by atoms with E-state index in [2.05, 4.69) is 9.97 Å². The molecular formula is C30H23F6N3O2. The maximum absolute atomic E-state index is 13.6. The van der Waals surface area contributed by atoms with Gasteiger partial charge in [-0.05, 0) is 77.2 Å². The van der Waals surface area contributed by atoms with Gasteiger partial charge in [0.1, 0.15) is 0 Å². The van der Waals surface area contributed by atoms with Crippen LogP contribution in [0.2, 0.25) is 0 Å². The Bertz CT molecular complexity index is 1540. The van der Waals surface area contributed by atoms with Crippen molar-refractivity contribution in [2.45, 2.75) is 24.7 Å². The second-order valence-electron chi connectivity index (χ2n) is 9.64.